The van der Waals surface area contributed by atoms with E-state index in [0.29, 0.717) is 12.8 Å². The Labute approximate surface area is 160 Å². The van der Waals surface area contributed by atoms with Gasteiger partial charge in [-0.2, -0.15) is 0 Å². The highest BCUT2D eigenvalue weighted by Crippen LogP contribution is 2.34. The summed E-state index contributed by atoms with van der Waals surface area (Å²) in [5.41, 5.74) is 8.23. The van der Waals surface area contributed by atoms with Crippen LogP contribution in [0, 0.1) is 5.92 Å². The number of rotatable bonds is 6. The van der Waals surface area contributed by atoms with E-state index in [1.54, 1.807) is 0 Å². The standard InChI is InChI=1S/C21H30N4O2/c1-12(2)18(19(22)26)24-20(27)21(25-13(3)4)10-9-17-15(11-21)14-7-5-6-8-16(14)23-17/h5-8,12-13,18,23,25H,9-11H2,1-4H3,(H2,22,26)(H,24,27)/t18-,21+/m0/s1. The van der Waals surface area contributed by atoms with E-state index < -0.39 is 17.5 Å². The molecule has 0 bridgehead atoms. The van der Waals surface area contributed by atoms with Crippen LogP contribution in [0.3, 0.4) is 0 Å². The molecule has 27 heavy (non-hydrogen) atoms. The first-order chi connectivity index (χ1) is 12.7. The fourth-order valence-electron chi connectivity index (χ4n) is 4.18. The Bertz CT molecular complexity index is 855. The fourth-order valence-corrected chi connectivity index (χ4v) is 4.18. The van der Waals surface area contributed by atoms with Gasteiger partial charge in [-0.3, -0.25) is 9.59 Å². The van der Waals surface area contributed by atoms with Crippen molar-refractivity contribution in [2.45, 2.75) is 64.6 Å². The van der Waals surface area contributed by atoms with E-state index in [0.717, 1.165) is 17.3 Å². The molecule has 2 aromatic rings. The molecule has 2 amide bonds. The van der Waals surface area contributed by atoms with E-state index >= 15 is 0 Å². The molecule has 0 radical (unpaired) electrons. The van der Waals surface area contributed by atoms with Gasteiger partial charge in [-0.1, -0.05) is 32.0 Å². The van der Waals surface area contributed by atoms with Gasteiger partial charge in [0.2, 0.25) is 11.8 Å². The molecule has 5 N–H and O–H groups in total. The molecule has 0 unspecified atom stereocenters. The fraction of sp³-hybridized carbons (Fsp3) is 0.524. The highest BCUT2D eigenvalue weighted by Gasteiger charge is 2.44. The molecular formula is C21H30N4O2. The molecule has 2 atom stereocenters. The monoisotopic (exact) mass is 370 g/mol. The van der Waals surface area contributed by atoms with Gasteiger partial charge in [-0.05, 0) is 44.2 Å². The first-order valence-corrected chi connectivity index (χ1v) is 9.70. The van der Waals surface area contributed by atoms with Crippen LogP contribution in [0.5, 0.6) is 0 Å². The number of nitrogens with one attached hydrogen (secondary N) is 3. The number of primary amides is 1. The number of benzene rings is 1. The molecule has 0 aliphatic heterocycles. The summed E-state index contributed by atoms with van der Waals surface area (Å²) in [6.45, 7) is 7.84. The van der Waals surface area contributed by atoms with Gasteiger partial charge >= 0.3 is 0 Å². The molecular weight excluding hydrogens is 340 g/mol. The average molecular weight is 370 g/mol. The molecule has 3 rings (SSSR count). The van der Waals surface area contributed by atoms with E-state index in [1.807, 2.05) is 39.8 Å². The Morgan fingerprint density at radius 2 is 1.89 bits per heavy atom. The zero-order valence-electron chi connectivity index (χ0n) is 16.6. The summed E-state index contributed by atoms with van der Waals surface area (Å²) in [7, 11) is 0. The van der Waals surface area contributed by atoms with E-state index in [9.17, 15) is 9.59 Å². The quantitative estimate of drug-likeness (QED) is 0.626. The predicted octanol–water partition coefficient (Wildman–Crippen LogP) is 2.02. The predicted molar refractivity (Wildman–Crippen MR) is 107 cm³/mol. The summed E-state index contributed by atoms with van der Waals surface area (Å²) < 4.78 is 0. The van der Waals surface area contributed by atoms with Crippen molar-refractivity contribution in [1.29, 1.82) is 0 Å². The third-order valence-corrected chi connectivity index (χ3v) is 5.44. The molecule has 146 valence electrons. The van der Waals surface area contributed by atoms with Crippen molar-refractivity contribution in [3.8, 4) is 0 Å². The maximum absolute atomic E-state index is 13.4. The lowest BCUT2D eigenvalue weighted by molar-refractivity contribution is -0.133. The summed E-state index contributed by atoms with van der Waals surface area (Å²) in [6, 6.07) is 7.64. The minimum atomic E-state index is -0.755. The summed E-state index contributed by atoms with van der Waals surface area (Å²) in [5, 5.41) is 7.57. The van der Waals surface area contributed by atoms with Gasteiger partial charge in [0, 0.05) is 29.1 Å². The number of H-pyrrole nitrogens is 1. The Balaban J connectivity index is 1.96. The van der Waals surface area contributed by atoms with Crippen LogP contribution in [0.2, 0.25) is 0 Å². The second kappa shape index (κ2) is 7.35. The van der Waals surface area contributed by atoms with Gasteiger partial charge in [0.1, 0.15) is 11.6 Å². The molecule has 1 aromatic heterocycles. The third-order valence-electron chi connectivity index (χ3n) is 5.44. The number of aromatic nitrogens is 1. The summed E-state index contributed by atoms with van der Waals surface area (Å²) >= 11 is 0. The van der Waals surface area contributed by atoms with Crippen molar-refractivity contribution in [1.82, 2.24) is 15.6 Å². The first-order valence-electron chi connectivity index (χ1n) is 9.70. The zero-order valence-corrected chi connectivity index (χ0v) is 16.6. The lowest BCUT2D eigenvalue weighted by Gasteiger charge is -2.39. The Morgan fingerprint density at radius 3 is 2.52 bits per heavy atom. The Hall–Kier alpha value is -2.34. The highest BCUT2D eigenvalue weighted by molar-refractivity contribution is 5.94. The van der Waals surface area contributed by atoms with E-state index in [-0.39, 0.29) is 17.9 Å². The Morgan fingerprint density at radius 1 is 1.19 bits per heavy atom. The van der Waals surface area contributed by atoms with Gasteiger partial charge in [0.25, 0.3) is 0 Å². The van der Waals surface area contributed by atoms with Gasteiger partial charge in [0.15, 0.2) is 0 Å². The number of hydrogen-bond donors (Lipinski definition) is 4. The van der Waals surface area contributed by atoms with E-state index in [1.165, 1.54) is 11.3 Å². The molecule has 0 fully saturated rings. The van der Waals surface area contributed by atoms with E-state index in [4.69, 9.17) is 5.73 Å². The molecule has 6 nitrogen and oxygen atoms in total. The van der Waals surface area contributed by atoms with Gasteiger partial charge in [0.05, 0.1) is 0 Å². The van der Waals surface area contributed by atoms with Crippen LogP contribution in [0.15, 0.2) is 24.3 Å². The number of carbonyl (C=O) groups is 2. The normalized spacial score (nSPS) is 20.7. The van der Waals surface area contributed by atoms with Crippen LogP contribution >= 0.6 is 0 Å². The van der Waals surface area contributed by atoms with Crippen LogP contribution in [-0.4, -0.2) is 34.4 Å². The maximum Gasteiger partial charge on any atom is 0.241 e. The molecule has 1 heterocycles. The molecule has 0 saturated carbocycles. The second-order valence-corrected chi connectivity index (χ2v) is 8.28. The number of aromatic amines is 1. The van der Waals surface area contributed by atoms with Crippen molar-refractivity contribution in [2.24, 2.45) is 11.7 Å². The van der Waals surface area contributed by atoms with Crippen molar-refractivity contribution >= 4 is 22.7 Å². The smallest absolute Gasteiger partial charge is 0.241 e. The number of hydrogen-bond acceptors (Lipinski definition) is 3. The second-order valence-electron chi connectivity index (χ2n) is 8.28. The van der Waals surface area contributed by atoms with E-state index in [2.05, 4.69) is 27.8 Å². The van der Waals surface area contributed by atoms with Crippen LogP contribution in [-0.2, 0) is 22.4 Å². The number of amides is 2. The summed E-state index contributed by atoms with van der Waals surface area (Å²) in [4.78, 5) is 28.6. The first kappa shape index (κ1) is 19.4. The topological polar surface area (TPSA) is 100 Å². The van der Waals surface area contributed by atoms with Crippen molar-refractivity contribution in [2.75, 3.05) is 0 Å². The SMILES string of the molecule is CC(C)N[C@]1(C(=O)N[C@H](C(N)=O)C(C)C)CCc2[nH]c3ccccc3c2C1. The lowest BCUT2D eigenvalue weighted by Crippen LogP contribution is -2.64. The minimum absolute atomic E-state index is 0.0604. The van der Waals surface area contributed by atoms with Crippen LogP contribution < -0.4 is 16.4 Å². The van der Waals surface area contributed by atoms with Crippen molar-refractivity contribution in [3.05, 3.63) is 35.5 Å². The minimum Gasteiger partial charge on any atom is -0.368 e. The third kappa shape index (κ3) is 3.72. The number of para-hydroxylation sites is 1. The van der Waals surface area contributed by atoms with Gasteiger partial charge < -0.3 is 21.4 Å². The molecule has 1 aromatic carbocycles. The van der Waals surface area contributed by atoms with Crippen LogP contribution in [0.4, 0.5) is 0 Å². The number of carbonyl (C=O) groups excluding carboxylic acids is 2. The highest BCUT2D eigenvalue weighted by atomic mass is 16.2. The van der Waals surface area contributed by atoms with Crippen LogP contribution in [0.25, 0.3) is 10.9 Å². The largest absolute Gasteiger partial charge is 0.368 e. The number of nitrogens with two attached hydrogens (primary N) is 1. The van der Waals surface area contributed by atoms with Gasteiger partial charge in [-0.15, -0.1) is 0 Å². The van der Waals surface area contributed by atoms with Crippen molar-refractivity contribution in [3.63, 3.8) is 0 Å². The molecule has 0 saturated heterocycles. The van der Waals surface area contributed by atoms with Crippen LogP contribution in [0.1, 0.15) is 45.4 Å². The number of aryl methyl sites for hydroxylation is 1. The average Bonchev–Trinajstić information content (AvgIpc) is 2.96. The zero-order chi connectivity index (χ0) is 19.8. The summed E-state index contributed by atoms with van der Waals surface area (Å²) in [6.07, 6.45) is 2.03. The van der Waals surface area contributed by atoms with Crippen molar-refractivity contribution < 1.29 is 9.59 Å². The van der Waals surface area contributed by atoms with Gasteiger partial charge in [-0.25, -0.2) is 0 Å². The summed E-state index contributed by atoms with van der Waals surface area (Å²) in [5.74, 6) is -0.707. The maximum atomic E-state index is 13.4. The molecule has 6 heteroatoms. The number of fused-ring (bicyclic) bond motifs is 3. The lowest BCUT2D eigenvalue weighted by atomic mass is 9.78. The Kier molecular flexibility index (Phi) is 5.29. The molecule has 1 aliphatic carbocycles. The molecule has 0 spiro atoms. The molecule has 1 aliphatic rings.